The molecule has 4 nitrogen and oxygen atoms in total. The third-order valence-corrected chi connectivity index (χ3v) is 2.90. The summed E-state index contributed by atoms with van der Waals surface area (Å²) in [6.07, 6.45) is 0. The average molecular weight is 281 g/mol. The first kappa shape index (κ1) is 13.6. The lowest BCUT2D eigenvalue weighted by Gasteiger charge is -2.20. The van der Waals surface area contributed by atoms with E-state index in [1.54, 1.807) is 19.9 Å². The van der Waals surface area contributed by atoms with Crippen LogP contribution in [0.1, 0.15) is 34.6 Å². The van der Waals surface area contributed by atoms with Gasteiger partial charge < -0.3 is 9.47 Å². The molecule has 0 atom stereocenters. The smallest absolute Gasteiger partial charge is 0.232 e. The van der Waals surface area contributed by atoms with E-state index < -0.39 is 0 Å². The fourth-order valence-electron chi connectivity index (χ4n) is 1.90. The van der Waals surface area contributed by atoms with E-state index in [9.17, 15) is 9.59 Å². The van der Waals surface area contributed by atoms with E-state index in [2.05, 4.69) is 0 Å². The summed E-state index contributed by atoms with van der Waals surface area (Å²) in [6.45, 7) is 4.04. The number of hydrogen-bond donors (Lipinski definition) is 0. The molecule has 2 rings (SSSR count). The molecule has 1 aromatic carbocycles. The minimum Gasteiger partial charge on any atom is -0.486 e. The van der Waals surface area contributed by atoms with Crippen molar-refractivity contribution in [1.82, 2.24) is 0 Å². The molecular weight excluding hydrogens is 268 g/mol. The Morgan fingerprint density at radius 1 is 0.947 bits per heavy atom. The van der Waals surface area contributed by atoms with Gasteiger partial charge in [-0.1, -0.05) is 11.6 Å². The van der Waals surface area contributed by atoms with Crippen LogP contribution in [0.25, 0.3) is 0 Å². The Bertz CT molecular complexity index is 575. The second-order valence-electron chi connectivity index (χ2n) is 3.87. The zero-order chi connectivity index (χ0) is 14.0. The predicted octanol–water partition coefficient (Wildman–Crippen LogP) is 3.00. The Hall–Kier alpha value is -1.81. The first-order valence-electron chi connectivity index (χ1n) is 5.99. The summed E-state index contributed by atoms with van der Waals surface area (Å²) in [5, 5.41) is 0.399. The van der Waals surface area contributed by atoms with E-state index in [0.717, 1.165) is 0 Å². The fraction of sp³-hybridized carbons (Fsp3) is 0.286. The summed E-state index contributed by atoms with van der Waals surface area (Å²) in [4.78, 5) is 24.6. The molecule has 5 heteroatoms. The minimum absolute atomic E-state index is 0.0239. The van der Waals surface area contributed by atoms with Crippen molar-refractivity contribution >= 4 is 23.2 Å². The normalized spacial score (nSPS) is 14.5. The van der Waals surface area contributed by atoms with E-state index in [-0.39, 0.29) is 41.9 Å². The SMILES string of the molecule is CCOC1=C(OCC)C(=O)c2cc(Cl)ccc2C1=O. The van der Waals surface area contributed by atoms with Crippen LogP contribution in [-0.2, 0) is 9.47 Å². The van der Waals surface area contributed by atoms with E-state index in [4.69, 9.17) is 21.1 Å². The molecule has 0 amide bonds. The van der Waals surface area contributed by atoms with Gasteiger partial charge in [0.25, 0.3) is 0 Å². The van der Waals surface area contributed by atoms with Crippen LogP contribution in [0.3, 0.4) is 0 Å². The second kappa shape index (κ2) is 5.45. The molecule has 0 N–H and O–H groups in total. The third-order valence-electron chi connectivity index (χ3n) is 2.67. The van der Waals surface area contributed by atoms with Crippen molar-refractivity contribution in [3.05, 3.63) is 45.9 Å². The number of benzene rings is 1. The third kappa shape index (κ3) is 2.36. The molecule has 0 bridgehead atoms. The number of halogens is 1. The summed E-state index contributed by atoms with van der Waals surface area (Å²) in [6, 6.07) is 4.57. The van der Waals surface area contributed by atoms with Crippen molar-refractivity contribution in [2.45, 2.75) is 13.8 Å². The maximum absolute atomic E-state index is 12.3. The van der Waals surface area contributed by atoms with Gasteiger partial charge in [-0.15, -0.1) is 0 Å². The van der Waals surface area contributed by atoms with E-state index in [1.165, 1.54) is 12.1 Å². The molecule has 0 fully saturated rings. The maximum atomic E-state index is 12.3. The van der Waals surface area contributed by atoms with Crippen LogP contribution in [0.5, 0.6) is 0 Å². The summed E-state index contributed by atoms with van der Waals surface area (Å²) in [5.74, 6) is -0.785. The summed E-state index contributed by atoms with van der Waals surface area (Å²) in [5.41, 5.74) is 0.547. The van der Waals surface area contributed by atoms with Gasteiger partial charge in [0.15, 0.2) is 0 Å². The largest absolute Gasteiger partial charge is 0.486 e. The summed E-state index contributed by atoms with van der Waals surface area (Å²) >= 11 is 5.86. The van der Waals surface area contributed by atoms with Gasteiger partial charge >= 0.3 is 0 Å². The van der Waals surface area contributed by atoms with Gasteiger partial charge in [0.1, 0.15) is 0 Å². The molecule has 0 spiro atoms. The number of ketones is 2. The van der Waals surface area contributed by atoms with Crippen molar-refractivity contribution in [2.75, 3.05) is 13.2 Å². The number of allylic oxidation sites excluding steroid dienone is 2. The Morgan fingerprint density at radius 3 is 2.00 bits per heavy atom. The Kier molecular flexibility index (Phi) is 3.90. The predicted molar refractivity (Wildman–Crippen MR) is 70.4 cm³/mol. The zero-order valence-corrected chi connectivity index (χ0v) is 11.4. The quantitative estimate of drug-likeness (QED) is 0.851. The number of rotatable bonds is 4. The van der Waals surface area contributed by atoms with Gasteiger partial charge in [0.05, 0.1) is 13.2 Å². The summed E-state index contributed by atoms with van der Waals surface area (Å²) in [7, 11) is 0. The molecule has 0 saturated carbocycles. The van der Waals surface area contributed by atoms with Crippen molar-refractivity contribution in [1.29, 1.82) is 0 Å². The lowest BCUT2D eigenvalue weighted by molar-refractivity contribution is 0.0771. The lowest BCUT2D eigenvalue weighted by atomic mass is 9.92. The maximum Gasteiger partial charge on any atom is 0.232 e. The van der Waals surface area contributed by atoms with Crippen LogP contribution in [0.2, 0.25) is 5.02 Å². The lowest BCUT2D eigenvalue weighted by Crippen LogP contribution is -2.25. The Labute approximate surface area is 116 Å². The average Bonchev–Trinajstić information content (AvgIpc) is 2.40. The van der Waals surface area contributed by atoms with E-state index in [1.807, 2.05) is 0 Å². The molecule has 1 aliphatic carbocycles. The number of carbonyl (C=O) groups is 2. The number of ether oxygens (including phenoxy) is 2. The van der Waals surface area contributed by atoms with Crippen LogP contribution >= 0.6 is 11.6 Å². The highest BCUT2D eigenvalue weighted by atomic mass is 35.5. The number of hydrogen-bond acceptors (Lipinski definition) is 4. The summed E-state index contributed by atoms with van der Waals surface area (Å²) < 4.78 is 10.5. The first-order valence-corrected chi connectivity index (χ1v) is 6.36. The van der Waals surface area contributed by atoms with Gasteiger partial charge in [-0.3, -0.25) is 9.59 Å². The number of carbonyl (C=O) groups excluding carboxylic acids is 2. The molecular formula is C14H13ClO4. The topological polar surface area (TPSA) is 52.6 Å². The van der Waals surface area contributed by atoms with Gasteiger partial charge in [-0.2, -0.15) is 0 Å². The first-order chi connectivity index (χ1) is 9.10. The van der Waals surface area contributed by atoms with Crippen LogP contribution in [0.4, 0.5) is 0 Å². The number of fused-ring (bicyclic) bond motifs is 1. The molecule has 1 aliphatic rings. The molecule has 0 aliphatic heterocycles. The molecule has 0 radical (unpaired) electrons. The van der Waals surface area contributed by atoms with Crippen LogP contribution in [-0.4, -0.2) is 24.8 Å². The molecule has 0 heterocycles. The van der Waals surface area contributed by atoms with Crippen LogP contribution in [0, 0.1) is 0 Å². The van der Waals surface area contributed by atoms with Crippen molar-refractivity contribution < 1.29 is 19.1 Å². The highest BCUT2D eigenvalue weighted by Crippen LogP contribution is 2.29. The van der Waals surface area contributed by atoms with E-state index in [0.29, 0.717) is 10.6 Å². The monoisotopic (exact) mass is 280 g/mol. The standard InChI is InChI=1S/C14H13ClO4/c1-3-18-13-11(16)9-6-5-8(15)7-10(9)12(17)14(13)19-4-2/h5-7H,3-4H2,1-2H3. The van der Waals surface area contributed by atoms with Crippen molar-refractivity contribution in [3.8, 4) is 0 Å². The molecule has 19 heavy (non-hydrogen) atoms. The molecule has 0 aromatic heterocycles. The van der Waals surface area contributed by atoms with Gasteiger partial charge in [0.2, 0.25) is 23.1 Å². The second-order valence-corrected chi connectivity index (χ2v) is 4.31. The van der Waals surface area contributed by atoms with Gasteiger partial charge in [-0.25, -0.2) is 0 Å². The molecule has 100 valence electrons. The minimum atomic E-state index is -0.373. The molecule has 1 aromatic rings. The van der Waals surface area contributed by atoms with Gasteiger partial charge in [-0.05, 0) is 32.0 Å². The molecule has 0 unspecified atom stereocenters. The van der Waals surface area contributed by atoms with Gasteiger partial charge in [0, 0.05) is 16.1 Å². The highest BCUT2D eigenvalue weighted by molar-refractivity contribution is 6.32. The van der Waals surface area contributed by atoms with Crippen LogP contribution < -0.4 is 0 Å². The van der Waals surface area contributed by atoms with Crippen molar-refractivity contribution in [2.24, 2.45) is 0 Å². The molecule has 0 saturated heterocycles. The highest BCUT2D eigenvalue weighted by Gasteiger charge is 2.35. The zero-order valence-electron chi connectivity index (χ0n) is 10.7. The Morgan fingerprint density at radius 2 is 1.47 bits per heavy atom. The van der Waals surface area contributed by atoms with Crippen LogP contribution in [0.15, 0.2) is 29.7 Å². The van der Waals surface area contributed by atoms with Crippen molar-refractivity contribution in [3.63, 3.8) is 0 Å². The fourth-order valence-corrected chi connectivity index (χ4v) is 2.08. The Balaban J connectivity index is 2.58. The number of Topliss-reactive ketones (excluding diaryl/α,β-unsaturated/α-hetero) is 2. The van der Waals surface area contributed by atoms with E-state index >= 15 is 0 Å².